The largest absolute Gasteiger partial charge is 0.0822 e. The van der Waals surface area contributed by atoms with Crippen LogP contribution in [0.15, 0.2) is 11.6 Å². The van der Waals surface area contributed by atoms with Crippen LogP contribution in [0, 0.1) is 11.8 Å². The van der Waals surface area contributed by atoms with Crippen molar-refractivity contribution in [3.63, 3.8) is 0 Å². The molecule has 8 heavy (non-hydrogen) atoms. The second kappa shape index (κ2) is 1.37. The van der Waals surface area contributed by atoms with Crippen LogP contribution in [0.2, 0.25) is 0 Å². The van der Waals surface area contributed by atoms with Crippen molar-refractivity contribution < 1.29 is 0 Å². The maximum absolute atomic E-state index is 2.47. The minimum atomic E-state index is 0.986. The normalized spacial score (nSPS) is 42.9. The Balaban J connectivity index is 2.29. The van der Waals surface area contributed by atoms with Crippen molar-refractivity contribution in [1.29, 1.82) is 0 Å². The zero-order chi connectivity index (χ0) is 5.56. The standard InChI is InChI=1S/C8H12/c1-6-4-7-2-3-8(6)5-7/h4,7-8H,2-3,5H2,1H3/t7-,8+/m1/s1. The molecule has 0 radical (unpaired) electrons. The topological polar surface area (TPSA) is 0 Å². The number of allylic oxidation sites excluding steroid dienone is 2. The third kappa shape index (κ3) is 0.460. The van der Waals surface area contributed by atoms with Crippen molar-refractivity contribution in [3.05, 3.63) is 11.6 Å². The molecule has 0 nitrogen and oxygen atoms in total. The summed E-state index contributed by atoms with van der Waals surface area (Å²) in [5.41, 5.74) is 1.67. The summed E-state index contributed by atoms with van der Waals surface area (Å²) in [6, 6.07) is 0. The lowest BCUT2D eigenvalue weighted by molar-refractivity contribution is 0.657. The molecule has 2 atom stereocenters. The average Bonchev–Trinajstić information content (AvgIpc) is 2.23. The molecule has 0 heteroatoms. The quantitative estimate of drug-likeness (QED) is 0.418. The molecule has 0 aromatic heterocycles. The Hall–Kier alpha value is -0.260. The first kappa shape index (κ1) is 4.60. The molecule has 0 aromatic rings. The van der Waals surface area contributed by atoms with E-state index in [1.807, 2.05) is 0 Å². The van der Waals surface area contributed by atoms with Crippen molar-refractivity contribution in [3.8, 4) is 0 Å². The Morgan fingerprint density at radius 3 is 2.62 bits per heavy atom. The van der Waals surface area contributed by atoms with Gasteiger partial charge < -0.3 is 0 Å². The summed E-state index contributed by atoms with van der Waals surface area (Å²) in [4.78, 5) is 0. The SMILES string of the molecule is CC1=C[C@H]2CC[C@H]1C2. The lowest BCUT2D eigenvalue weighted by Crippen LogP contribution is -1.91. The fourth-order valence-electron chi connectivity index (χ4n) is 2.09. The second-order valence-electron chi connectivity index (χ2n) is 3.18. The zero-order valence-corrected chi connectivity index (χ0v) is 5.35. The van der Waals surface area contributed by atoms with Crippen LogP contribution in [0.3, 0.4) is 0 Å². The second-order valence-corrected chi connectivity index (χ2v) is 3.18. The molecule has 0 N–H and O–H groups in total. The monoisotopic (exact) mass is 108 g/mol. The van der Waals surface area contributed by atoms with E-state index in [9.17, 15) is 0 Å². The predicted molar refractivity (Wildman–Crippen MR) is 34.6 cm³/mol. The molecule has 0 spiro atoms. The van der Waals surface area contributed by atoms with Gasteiger partial charge >= 0.3 is 0 Å². The van der Waals surface area contributed by atoms with Gasteiger partial charge in [0, 0.05) is 0 Å². The lowest BCUT2D eigenvalue weighted by atomic mass is 10.0. The van der Waals surface area contributed by atoms with Gasteiger partial charge in [0.25, 0.3) is 0 Å². The van der Waals surface area contributed by atoms with Crippen LogP contribution >= 0.6 is 0 Å². The van der Waals surface area contributed by atoms with Crippen LogP contribution in [0.1, 0.15) is 26.2 Å². The predicted octanol–water partition coefficient (Wildman–Crippen LogP) is 2.36. The molecule has 2 rings (SSSR count). The van der Waals surface area contributed by atoms with E-state index in [1.54, 1.807) is 5.57 Å². The highest BCUT2D eigenvalue weighted by Gasteiger charge is 2.29. The summed E-state index contributed by atoms with van der Waals surface area (Å²) >= 11 is 0. The fraction of sp³-hybridized carbons (Fsp3) is 0.750. The van der Waals surface area contributed by atoms with E-state index < -0.39 is 0 Å². The van der Waals surface area contributed by atoms with Gasteiger partial charge in [-0.1, -0.05) is 11.6 Å². The van der Waals surface area contributed by atoms with Crippen LogP contribution in [0.5, 0.6) is 0 Å². The first-order valence-corrected chi connectivity index (χ1v) is 3.54. The minimum Gasteiger partial charge on any atom is -0.0822 e. The van der Waals surface area contributed by atoms with E-state index in [1.165, 1.54) is 19.3 Å². The molecule has 2 aliphatic rings. The third-order valence-corrected chi connectivity index (χ3v) is 2.62. The summed E-state index contributed by atoms with van der Waals surface area (Å²) in [5, 5.41) is 0. The highest BCUT2D eigenvalue weighted by Crippen LogP contribution is 2.42. The molecule has 2 bridgehead atoms. The molecule has 0 saturated heterocycles. The molecule has 0 heterocycles. The summed E-state index contributed by atoms with van der Waals surface area (Å²) in [6.45, 7) is 2.28. The number of hydrogen-bond acceptors (Lipinski definition) is 0. The summed E-state index contributed by atoms with van der Waals surface area (Å²) in [6.07, 6.45) is 6.90. The molecule has 0 aliphatic heterocycles. The van der Waals surface area contributed by atoms with Crippen LogP contribution < -0.4 is 0 Å². The molecule has 0 unspecified atom stereocenters. The summed E-state index contributed by atoms with van der Waals surface area (Å²) in [5.74, 6) is 1.99. The van der Waals surface area contributed by atoms with Gasteiger partial charge in [-0.3, -0.25) is 0 Å². The fourth-order valence-corrected chi connectivity index (χ4v) is 2.09. The number of fused-ring (bicyclic) bond motifs is 2. The van der Waals surface area contributed by atoms with Crippen molar-refractivity contribution in [2.75, 3.05) is 0 Å². The van der Waals surface area contributed by atoms with Gasteiger partial charge in [-0.15, -0.1) is 0 Å². The van der Waals surface area contributed by atoms with Gasteiger partial charge in [0.15, 0.2) is 0 Å². The zero-order valence-electron chi connectivity index (χ0n) is 5.35. The van der Waals surface area contributed by atoms with Gasteiger partial charge in [-0.2, -0.15) is 0 Å². The number of hydrogen-bond donors (Lipinski definition) is 0. The molecule has 1 saturated carbocycles. The molecule has 2 aliphatic carbocycles. The maximum atomic E-state index is 2.47. The van der Waals surface area contributed by atoms with Crippen molar-refractivity contribution >= 4 is 0 Å². The first-order chi connectivity index (χ1) is 3.86. The Labute approximate surface area is 50.6 Å². The van der Waals surface area contributed by atoms with Crippen molar-refractivity contribution in [2.24, 2.45) is 11.8 Å². The Morgan fingerprint density at radius 1 is 1.50 bits per heavy atom. The van der Waals surface area contributed by atoms with Crippen LogP contribution in [0.4, 0.5) is 0 Å². The van der Waals surface area contributed by atoms with Crippen molar-refractivity contribution in [2.45, 2.75) is 26.2 Å². The minimum absolute atomic E-state index is 0.986. The average molecular weight is 108 g/mol. The Kier molecular flexibility index (Phi) is 0.787. The van der Waals surface area contributed by atoms with Crippen LogP contribution in [-0.2, 0) is 0 Å². The Morgan fingerprint density at radius 2 is 2.38 bits per heavy atom. The highest BCUT2D eigenvalue weighted by atomic mass is 14.3. The summed E-state index contributed by atoms with van der Waals surface area (Å²) < 4.78 is 0. The van der Waals surface area contributed by atoms with Gasteiger partial charge in [-0.05, 0) is 38.0 Å². The highest BCUT2D eigenvalue weighted by molar-refractivity contribution is 5.16. The first-order valence-electron chi connectivity index (χ1n) is 3.54. The van der Waals surface area contributed by atoms with Crippen molar-refractivity contribution in [1.82, 2.24) is 0 Å². The van der Waals surface area contributed by atoms with Crippen LogP contribution in [0.25, 0.3) is 0 Å². The molecule has 44 valence electrons. The smallest absolute Gasteiger partial charge is 0.0200 e. The van der Waals surface area contributed by atoms with Gasteiger partial charge in [0.05, 0.1) is 0 Å². The van der Waals surface area contributed by atoms with E-state index in [-0.39, 0.29) is 0 Å². The molecule has 0 amide bonds. The van der Waals surface area contributed by atoms with Crippen LogP contribution in [-0.4, -0.2) is 0 Å². The molecule has 0 aromatic carbocycles. The van der Waals surface area contributed by atoms with E-state index in [4.69, 9.17) is 0 Å². The molecular weight excluding hydrogens is 96.1 g/mol. The maximum Gasteiger partial charge on any atom is -0.0200 e. The van der Waals surface area contributed by atoms with Gasteiger partial charge in [0.1, 0.15) is 0 Å². The molecular formula is C8H12. The third-order valence-electron chi connectivity index (χ3n) is 2.62. The van der Waals surface area contributed by atoms with Gasteiger partial charge in [-0.25, -0.2) is 0 Å². The van der Waals surface area contributed by atoms with E-state index in [0.717, 1.165) is 11.8 Å². The van der Waals surface area contributed by atoms with Gasteiger partial charge in [0.2, 0.25) is 0 Å². The Bertz CT molecular complexity index is 133. The van der Waals surface area contributed by atoms with E-state index >= 15 is 0 Å². The lowest BCUT2D eigenvalue weighted by Gasteiger charge is -2.05. The molecule has 1 fully saturated rings. The summed E-state index contributed by atoms with van der Waals surface area (Å²) in [7, 11) is 0. The number of rotatable bonds is 0. The van der Waals surface area contributed by atoms with E-state index in [0.29, 0.717) is 0 Å². The van der Waals surface area contributed by atoms with E-state index in [2.05, 4.69) is 13.0 Å².